The maximum atomic E-state index is 5.78. The third kappa shape index (κ3) is 10.1. The van der Waals surface area contributed by atoms with E-state index in [9.17, 15) is 0 Å². The molecule has 120 valence electrons. The Bertz CT molecular complexity index is 419. The number of anilines is 1. The van der Waals surface area contributed by atoms with Gasteiger partial charge in [-0.25, -0.2) is 0 Å². The third-order valence-electron chi connectivity index (χ3n) is 2.77. The maximum Gasteiger partial charge on any atom is 0.0765 e. The van der Waals surface area contributed by atoms with Crippen molar-refractivity contribution in [3.05, 3.63) is 28.2 Å². The summed E-state index contributed by atoms with van der Waals surface area (Å²) in [7, 11) is 0. The largest absolute Gasteiger partial charge is 0.350 e. The van der Waals surface area contributed by atoms with Crippen LogP contribution in [0.1, 0.15) is 40.5 Å². The lowest BCUT2D eigenvalue weighted by Gasteiger charge is -2.17. The van der Waals surface area contributed by atoms with Gasteiger partial charge in [0.1, 0.15) is 0 Å². The molecule has 0 aliphatic carbocycles. The van der Waals surface area contributed by atoms with Crippen molar-refractivity contribution in [2.45, 2.75) is 40.5 Å². The molecule has 0 amide bonds. The van der Waals surface area contributed by atoms with Gasteiger partial charge in [0.15, 0.2) is 0 Å². The first-order valence-corrected chi connectivity index (χ1v) is 8.55. The zero-order valence-electron chi connectivity index (χ0n) is 13.4. The van der Waals surface area contributed by atoms with E-state index in [0.717, 1.165) is 5.69 Å². The second-order valence-corrected chi connectivity index (χ2v) is 6.17. The highest BCUT2D eigenvalue weighted by molar-refractivity contribution is 7.80. The van der Waals surface area contributed by atoms with E-state index in [1.165, 1.54) is 32.5 Å². The SMILES string of the molecule is CC(=S)Nc1ccc(Cl)c(Cl)c1.CCCN(CC)CCC. The number of halogens is 2. The van der Waals surface area contributed by atoms with Crippen molar-refractivity contribution in [1.29, 1.82) is 0 Å². The van der Waals surface area contributed by atoms with Crippen LogP contribution in [0.4, 0.5) is 5.69 Å². The van der Waals surface area contributed by atoms with Crippen LogP contribution in [-0.2, 0) is 0 Å². The van der Waals surface area contributed by atoms with Crippen molar-refractivity contribution in [2.24, 2.45) is 0 Å². The molecule has 0 fully saturated rings. The Labute approximate surface area is 144 Å². The molecular weight excluding hydrogens is 323 g/mol. The molecule has 1 aromatic carbocycles. The molecule has 0 aromatic heterocycles. The molecule has 0 aliphatic heterocycles. The average molecular weight is 349 g/mol. The third-order valence-corrected chi connectivity index (χ3v) is 3.61. The minimum atomic E-state index is 0.526. The van der Waals surface area contributed by atoms with Crippen molar-refractivity contribution in [2.75, 3.05) is 25.0 Å². The lowest BCUT2D eigenvalue weighted by Crippen LogP contribution is -2.24. The molecule has 0 saturated heterocycles. The highest BCUT2D eigenvalue weighted by Crippen LogP contribution is 2.24. The molecule has 1 aromatic rings. The van der Waals surface area contributed by atoms with Crippen LogP contribution in [0.5, 0.6) is 0 Å². The molecule has 0 aliphatic rings. The number of hydrogen-bond donors (Lipinski definition) is 1. The number of hydrogen-bond acceptors (Lipinski definition) is 2. The van der Waals surface area contributed by atoms with Crippen LogP contribution in [0.3, 0.4) is 0 Å². The van der Waals surface area contributed by atoms with E-state index in [1.54, 1.807) is 19.1 Å². The Balaban J connectivity index is 0.000000400. The van der Waals surface area contributed by atoms with Gasteiger partial charge in [0, 0.05) is 5.69 Å². The quantitative estimate of drug-likeness (QED) is 0.646. The molecule has 0 spiro atoms. The van der Waals surface area contributed by atoms with E-state index in [2.05, 4.69) is 31.0 Å². The molecular formula is C16H26Cl2N2S. The van der Waals surface area contributed by atoms with Gasteiger partial charge in [-0.15, -0.1) is 0 Å². The molecule has 1 N–H and O–H groups in total. The van der Waals surface area contributed by atoms with E-state index in [-0.39, 0.29) is 0 Å². The van der Waals surface area contributed by atoms with Gasteiger partial charge in [-0.05, 0) is 57.6 Å². The smallest absolute Gasteiger partial charge is 0.0765 e. The van der Waals surface area contributed by atoms with Crippen molar-refractivity contribution < 1.29 is 0 Å². The fourth-order valence-corrected chi connectivity index (χ4v) is 2.25. The predicted molar refractivity (Wildman–Crippen MR) is 101 cm³/mol. The molecule has 0 radical (unpaired) electrons. The lowest BCUT2D eigenvalue weighted by molar-refractivity contribution is 0.289. The van der Waals surface area contributed by atoms with Gasteiger partial charge in [-0.2, -0.15) is 0 Å². The predicted octanol–water partition coefficient (Wildman–Crippen LogP) is 5.88. The normalized spacial score (nSPS) is 10.0. The van der Waals surface area contributed by atoms with Gasteiger partial charge in [0.25, 0.3) is 0 Å². The Hall–Kier alpha value is -0.350. The van der Waals surface area contributed by atoms with Crippen molar-refractivity contribution >= 4 is 46.1 Å². The van der Waals surface area contributed by atoms with Gasteiger partial charge < -0.3 is 10.2 Å². The Morgan fingerprint density at radius 2 is 1.67 bits per heavy atom. The molecule has 1 rings (SSSR count). The first-order valence-electron chi connectivity index (χ1n) is 7.39. The fraction of sp³-hybridized carbons (Fsp3) is 0.562. The zero-order valence-corrected chi connectivity index (χ0v) is 15.7. The van der Waals surface area contributed by atoms with E-state index in [4.69, 9.17) is 35.4 Å². The summed E-state index contributed by atoms with van der Waals surface area (Å²) in [5.41, 5.74) is 0.858. The fourth-order valence-electron chi connectivity index (χ4n) is 1.84. The van der Waals surface area contributed by atoms with Crippen molar-refractivity contribution in [3.8, 4) is 0 Å². The Kier molecular flexibility index (Phi) is 12.0. The minimum absolute atomic E-state index is 0.526. The maximum absolute atomic E-state index is 5.78. The summed E-state index contributed by atoms with van der Waals surface area (Å²) >= 11 is 16.4. The summed E-state index contributed by atoms with van der Waals surface area (Å²) in [6.45, 7) is 12.2. The van der Waals surface area contributed by atoms with Crippen LogP contribution in [0.25, 0.3) is 0 Å². The molecule has 21 heavy (non-hydrogen) atoms. The average Bonchev–Trinajstić information content (AvgIpc) is 2.43. The van der Waals surface area contributed by atoms with E-state index in [1.807, 2.05) is 6.07 Å². The first-order chi connectivity index (χ1) is 9.94. The molecule has 2 nitrogen and oxygen atoms in total. The number of nitrogens with zero attached hydrogens (tertiary/aromatic N) is 1. The van der Waals surface area contributed by atoms with E-state index >= 15 is 0 Å². The molecule has 0 bridgehead atoms. The number of nitrogens with one attached hydrogen (secondary N) is 1. The van der Waals surface area contributed by atoms with E-state index < -0.39 is 0 Å². The molecule has 0 heterocycles. The van der Waals surface area contributed by atoms with Crippen LogP contribution in [0.2, 0.25) is 10.0 Å². The lowest BCUT2D eigenvalue weighted by atomic mass is 10.3. The van der Waals surface area contributed by atoms with Crippen LogP contribution in [-0.4, -0.2) is 29.5 Å². The highest BCUT2D eigenvalue weighted by atomic mass is 35.5. The highest BCUT2D eigenvalue weighted by Gasteiger charge is 1.98. The topological polar surface area (TPSA) is 15.3 Å². The standard InChI is InChI=1S/C8H7Cl2NS.C8H19N/c1-5(12)11-6-2-3-7(9)8(10)4-6;1-4-7-9(6-3)8-5-2/h2-4H,1H3,(H,11,12);4-8H2,1-3H3. The van der Waals surface area contributed by atoms with E-state index in [0.29, 0.717) is 15.0 Å². The first kappa shape index (κ1) is 20.6. The second kappa shape index (κ2) is 12.2. The van der Waals surface area contributed by atoms with Crippen molar-refractivity contribution in [3.63, 3.8) is 0 Å². The molecule has 0 unspecified atom stereocenters. The summed E-state index contributed by atoms with van der Waals surface area (Å²) in [6.07, 6.45) is 2.57. The van der Waals surface area contributed by atoms with Gasteiger partial charge in [0.2, 0.25) is 0 Å². The molecule has 5 heteroatoms. The second-order valence-electron chi connectivity index (χ2n) is 4.74. The van der Waals surface area contributed by atoms with Gasteiger partial charge in [0.05, 0.1) is 15.0 Å². The van der Waals surface area contributed by atoms with Crippen LogP contribution in [0, 0.1) is 0 Å². The summed E-state index contributed by atoms with van der Waals surface area (Å²) < 4.78 is 0. The Morgan fingerprint density at radius 1 is 1.10 bits per heavy atom. The van der Waals surface area contributed by atoms with Crippen molar-refractivity contribution in [1.82, 2.24) is 4.90 Å². The van der Waals surface area contributed by atoms with Gasteiger partial charge in [-0.3, -0.25) is 0 Å². The minimum Gasteiger partial charge on any atom is -0.350 e. The zero-order chi connectivity index (χ0) is 16.3. The number of thiocarbonyl (C=S) groups is 1. The molecule has 0 saturated carbocycles. The number of benzene rings is 1. The number of rotatable bonds is 6. The van der Waals surface area contributed by atoms with Gasteiger partial charge in [-0.1, -0.05) is 56.2 Å². The van der Waals surface area contributed by atoms with Crippen LogP contribution in [0.15, 0.2) is 18.2 Å². The molecule has 0 atom stereocenters. The summed E-state index contributed by atoms with van der Waals surface area (Å²) in [6, 6.07) is 5.29. The summed E-state index contributed by atoms with van der Waals surface area (Å²) in [4.78, 5) is 3.19. The van der Waals surface area contributed by atoms with Crippen LogP contribution >= 0.6 is 35.4 Å². The van der Waals surface area contributed by atoms with Crippen LogP contribution < -0.4 is 5.32 Å². The summed E-state index contributed by atoms with van der Waals surface area (Å²) in [5, 5.41) is 4.03. The van der Waals surface area contributed by atoms with Gasteiger partial charge >= 0.3 is 0 Å². The summed E-state index contributed by atoms with van der Waals surface area (Å²) in [5.74, 6) is 0. The monoisotopic (exact) mass is 348 g/mol. The Morgan fingerprint density at radius 3 is 2.05 bits per heavy atom.